The van der Waals surface area contributed by atoms with Crippen LogP contribution in [0.5, 0.6) is 5.75 Å². The molecule has 0 atom stereocenters. The second-order valence-corrected chi connectivity index (χ2v) is 4.12. The maximum absolute atomic E-state index is 11.5. The molecule has 5 heteroatoms. The molecule has 20 heavy (non-hydrogen) atoms. The third-order valence-electron chi connectivity index (χ3n) is 2.60. The zero-order chi connectivity index (χ0) is 14.5. The fourth-order valence-electron chi connectivity index (χ4n) is 1.58. The van der Waals surface area contributed by atoms with Gasteiger partial charge in [0.2, 0.25) is 5.43 Å². The molecular formula is C15H12N2O3. The highest BCUT2D eigenvalue weighted by Crippen LogP contribution is 2.20. The molecule has 0 saturated carbocycles. The largest absolute Gasteiger partial charge is 0.504 e. The monoisotopic (exact) mass is 268 g/mol. The Kier molecular flexibility index (Phi) is 4.00. The maximum atomic E-state index is 11.5. The summed E-state index contributed by atoms with van der Waals surface area (Å²) in [7, 11) is 0. The lowest BCUT2D eigenvalue weighted by Gasteiger charge is -1.94. The van der Waals surface area contributed by atoms with Gasteiger partial charge in [-0.1, -0.05) is 18.2 Å². The third-order valence-corrected chi connectivity index (χ3v) is 2.60. The lowest BCUT2D eigenvalue weighted by Crippen LogP contribution is -1.99. The van der Waals surface area contributed by atoms with E-state index in [-0.39, 0.29) is 5.56 Å². The molecule has 0 fully saturated rings. The zero-order valence-corrected chi connectivity index (χ0v) is 10.8. The zero-order valence-electron chi connectivity index (χ0n) is 10.8. The van der Waals surface area contributed by atoms with Gasteiger partial charge in [-0.2, -0.15) is 10.2 Å². The summed E-state index contributed by atoms with van der Waals surface area (Å²) >= 11 is 0. The molecule has 2 rings (SSSR count). The summed E-state index contributed by atoms with van der Waals surface area (Å²) in [5, 5.41) is 17.6. The van der Waals surface area contributed by atoms with Crippen LogP contribution in [0.2, 0.25) is 0 Å². The first-order valence-electron chi connectivity index (χ1n) is 5.93. The second-order valence-electron chi connectivity index (χ2n) is 4.12. The van der Waals surface area contributed by atoms with E-state index in [1.54, 1.807) is 12.1 Å². The van der Waals surface area contributed by atoms with Crippen molar-refractivity contribution in [3.63, 3.8) is 0 Å². The van der Waals surface area contributed by atoms with Gasteiger partial charge in [0.15, 0.2) is 11.5 Å². The molecule has 0 saturated heterocycles. The van der Waals surface area contributed by atoms with E-state index in [4.69, 9.17) is 0 Å². The van der Waals surface area contributed by atoms with E-state index in [1.807, 2.05) is 18.2 Å². The Morgan fingerprint density at radius 2 is 1.65 bits per heavy atom. The first-order chi connectivity index (χ1) is 9.58. The minimum atomic E-state index is -0.628. The summed E-state index contributed by atoms with van der Waals surface area (Å²) in [5.74, 6) is -0.981. The summed E-state index contributed by atoms with van der Waals surface area (Å²) in [6.07, 6.45) is 0. The van der Waals surface area contributed by atoms with Crippen molar-refractivity contribution in [2.75, 3.05) is 0 Å². The first kappa shape index (κ1) is 13.6. The van der Waals surface area contributed by atoms with E-state index in [9.17, 15) is 14.7 Å². The fraction of sp³-hybridized carbons (Fsp3) is 0.0667. The number of hydrogen-bond acceptors (Lipinski definition) is 5. The van der Waals surface area contributed by atoms with Crippen molar-refractivity contribution in [3.05, 3.63) is 64.3 Å². The van der Waals surface area contributed by atoms with Gasteiger partial charge in [-0.25, -0.2) is 0 Å². The first-order valence-corrected chi connectivity index (χ1v) is 5.93. The van der Waals surface area contributed by atoms with Crippen LogP contribution in [0.25, 0.3) is 0 Å². The predicted molar refractivity (Wildman–Crippen MR) is 75.0 cm³/mol. The van der Waals surface area contributed by atoms with Crippen molar-refractivity contribution in [1.82, 2.24) is 0 Å². The van der Waals surface area contributed by atoms with Crippen molar-refractivity contribution in [2.45, 2.75) is 6.92 Å². The van der Waals surface area contributed by atoms with Gasteiger partial charge in [-0.3, -0.25) is 9.59 Å². The summed E-state index contributed by atoms with van der Waals surface area (Å²) in [6, 6.07) is 12.9. The second kappa shape index (κ2) is 5.88. The molecule has 0 bridgehead atoms. The standard InChI is InChI=1S/C15H12N2O3/c1-10(18)13-9-12(7-8-14(19)15(13)20)17-16-11-5-3-2-4-6-11/h2-9H,1H3,(H,19,20). The number of azo groups is 1. The van der Waals surface area contributed by atoms with Crippen LogP contribution in [-0.4, -0.2) is 10.9 Å². The van der Waals surface area contributed by atoms with Crippen LogP contribution in [0.15, 0.2) is 63.6 Å². The predicted octanol–water partition coefficient (Wildman–Crippen LogP) is 3.37. The molecule has 1 N–H and O–H groups in total. The van der Waals surface area contributed by atoms with Gasteiger partial charge in [0.25, 0.3) is 0 Å². The Labute approximate surface area is 115 Å². The Morgan fingerprint density at radius 1 is 1.00 bits per heavy atom. The number of aromatic hydroxyl groups is 1. The van der Waals surface area contributed by atoms with E-state index in [1.165, 1.54) is 19.1 Å². The quantitative estimate of drug-likeness (QED) is 0.684. The van der Waals surface area contributed by atoms with E-state index in [2.05, 4.69) is 10.2 Å². The highest BCUT2D eigenvalue weighted by molar-refractivity contribution is 5.97. The average Bonchev–Trinajstić information content (AvgIpc) is 2.59. The van der Waals surface area contributed by atoms with Crippen LogP contribution in [0, 0.1) is 0 Å². The van der Waals surface area contributed by atoms with Crippen molar-refractivity contribution >= 4 is 17.2 Å². The molecule has 0 aliphatic rings. The minimum Gasteiger partial charge on any atom is -0.504 e. The molecule has 2 aromatic carbocycles. The molecule has 0 aromatic heterocycles. The van der Waals surface area contributed by atoms with Crippen LogP contribution in [-0.2, 0) is 0 Å². The number of carbonyl (C=O) groups excluding carboxylic acids is 1. The Morgan fingerprint density at radius 3 is 2.30 bits per heavy atom. The van der Waals surface area contributed by atoms with E-state index < -0.39 is 17.0 Å². The van der Waals surface area contributed by atoms with Crippen molar-refractivity contribution in [3.8, 4) is 5.75 Å². The fourth-order valence-corrected chi connectivity index (χ4v) is 1.58. The molecule has 0 spiro atoms. The van der Waals surface area contributed by atoms with Gasteiger partial charge in [-0.05, 0) is 37.3 Å². The van der Waals surface area contributed by atoms with Crippen molar-refractivity contribution in [2.24, 2.45) is 10.2 Å². The average molecular weight is 268 g/mol. The molecule has 0 heterocycles. The van der Waals surface area contributed by atoms with Gasteiger partial charge in [0, 0.05) is 0 Å². The molecule has 100 valence electrons. The molecule has 0 aliphatic carbocycles. The third kappa shape index (κ3) is 3.14. The number of hydrogen-bond donors (Lipinski definition) is 1. The normalized spacial score (nSPS) is 10.7. The molecule has 5 nitrogen and oxygen atoms in total. The van der Waals surface area contributed by atoms with Gasteiger partial charge in [0.05, 0.1) is 16.9 Å². The molecule has 0 amide bonds. The summed E-state index contributed by atoms with van der Waals surface area (Å²) in [6.45, 7) is 1.27. The van der Waals surface area contributed by atoms with Gasteiger partial charge in [-0.15, -0.1) is 0 Å². The smallest absolute Gasteiger partial charge is 0.220 e. The van der Waals surface area contributed by atoms with Crippen LogP contribution < -0.4 is 5.43 Å². The Balaban J connectivity index is 2.46. The van der Waals surface area contributed by atoms with E-state index >= 15 is 0 Å². The summed E-state index contributed by atoms with van der Waals surface area (Å²) < 4.78 is 0. The van der Waals surface area contributed by atoms with Gasteiger partial charge < -0.3 is 5.11 Å². The summed E-state index contributed by atoms with van der Waals surface area (Å²) in [5.41, 5.74) is 0.268. The number of Topliss-reactive ketones (excluding diaryl/α,β-unsaturated/α-hetero) is 1. The molecule has 0 unspecified atom stereocenters. The molecule has 2 aromatic rings. The topological polar surface area (TPSA) is 79.1 Å². The Bertz CT molecular complexity index is 725. The number of benzene rings is 1. The van der Waals surface area contributed by atoms with Crippen LogP contribution in [0.1, 0.15) is 17.3 Å². The molecule has 0 radical (unpaired) electrons. The van der Waals surface area contributed by atoms with Crippen LogP contribution in [0.3, 0.4) is 0 Å². The number of carbonyl (C=O) groups is 1. The SMILES string of the molecule is CC(=O)c1cc(N=Nc2ccccc2)ccc(=O)c1O. The highest BCUT2D eigenvalue weighted by Gasteiger charge is 2.09. The molecular weight excluding hydrogens is 256 g/mol. The minimum absolute atomic E-state index is 0.0676. The van der Waals surface area contributed by atoms with Crippen LogP contribution in [0.4, 0.5) is 11.4 Å². The lowest BCUT2D eigenvalue weighted by molar-refractivity contribution is 0.101. The number of ketones is 1. The van der Waals surface area contributed by atoms with E-state index in [0.29, 0.717) is 11.4 Å². The number of nitrogens with zero attached hydrogens (tertiary/aromatic N) is 2. The maximum Gasteiger partial charge on any atom is 0.220 e. The van der Waals surface area contributed by atoms with Gasteiger partial charge >= 0.3 is 0 Å². The van der Waals surface area contributed by atoms with Crippen molar-refractivity contribution in [1.29, 1.82) is 0 Å². The van der Waals surface area contributed by atoms with Crippen molar-refractivity contribution < 1.29 is 9.90 Å². The number of rotatable bonds is 3. The lowest BCUT2D eigenvalue weighted by atomic mass is 10.2. The van der Waals surface area contributed by atoms with Crippen LogP contribution >= 0.6 is 0 Å². The van der Waals surface area contributed by atoms with E-state index in [0.717, 1.165) is 6.07 Å². The molecule has 0 aliphatic heterocycles. The Hall–Kier alpha value is -2.82. The van der Waals surface area contributed by atoms with Gasteiger partial charge in [0.1, 0.15) is 0 Å². The summed E-state index contributed by atoms with van der Waals surface area (Å²) in [4.78, 5) is 22.9. The highest BCUT2D eigenvalue weighted by atomic mass is 16.3.